The third kappa shape index (κ3) is 4.38. The van der Waals surface area contributed by atoms with Crippen molar-refractivity contribution in [1.82, 2.24) is 10.2 Å². The fraction of sp³-hybridized carbons (Fsp3) is 0.357. The maximum Gasteiger partial charge on any atom is 0.237 e. The smallest absolute Gasteiger partial charge is 0.237 e. The number of carbonyl (C=O) groups is 1. The molecule has 5 nitrogen and oxygen atoms in total. The van der Waals surface area contributed by atoms with Gasteiger partial charge in [0, 0.05) is 23.2 Å². The lowest BCUT2D eigenvalue weighted by Gasteiger charge is -2.33. The summed E-state index contributed by atoms with van der Waals surface area (Å²) in [6.45, 7) is 6.89. The van der Waals surface area contributed by atoms with Crippen molar-refractivity contribution in [2.45, 2.75) is 57.5 Å². The molecule has 170 valence electrons. The second-order valence-corrected chi connectivity index (χ2v) is 9.96. The highest BCUT2D eigenvalue weighted by molar-refractivity contribution is 5.96. The molecule has 2 heterocycles. The van der Waals surface area contributed by atoms with Crippen molar-refractivity contribution in [3.8, 4) is 0 Å². The van der Waals surface area contributed by atoms with Crippen LogP contribution in [0.15, 0.2) is 77.8 Å². The predicted octanol–water partition coefficient (Wildman–Crippen LogP) is 5.06. The monoisotopic (exact) mass is 441 g/mol. The lowest BCUT2D eigenvalue weighted by molar-refractivity contribution is -0.128. The van der Waals surface area contributed by atoms with Crippen LogP contribution in [0.25, 0.3) is 10.8 Å². The molecule has 0 radical (unpaired) electrons. The fourth-order valence-electron chi connectivity index (χ4n) is 4.93. The Hall–Kier alpha value is -3.18. The standard InChI is InChI=1S/C28H31N3O2/c1-28(2,3)30-26(32)23-17-10-18-31(23)25-24(33-27(29-25)20-12-5-4-6-13-20)22-16-9-14-19-11-7-8-15-21(19)22/h4-9,11-16,23-25H,10,17-18H2,1-3H3,(H,30,32)/t23-,24-,25+/m0/s1. The minimum Gasteiger partial charge on any atom is -0.465 e. The molecule has 1 amide bonds. The number of nitrogens with zero attached hydrogens (tertiary/aromatic N) is 2. The van der Waals surface area contributed by atoms with Crippen LogP contribution in [0.4, 0.5) is 0 Å². The van der Waals surface area contributed by atoms with E-state index >= 15 is 0 Å². The molecule has 0 bridgehead atoms. The van der Waals surface area contributed by atoms with Crippen LogP contribution in [0.2, 0.25) is 0 Å². The Kier molecular flexibility index (Phi) is 5.67. The molecular formula is C28H31N3O2. The molecule has 1 N–H and O–H groups in total. The van der Waals surface area contributed by atoms with E-state index in [0.29, 0.717) is 5.90 Å². The van der Waals surface area contributed by atoms with Crippen LogP contribution < -0.4 is 5.32 Å². The Morgan fingerprint density at radius 3 is 2.52 bits per heavy atom. The first-order valence-corrected chi connectivity index (χ1v) is 11.8. The maximum atomic E-state index is 13.2. The van der Waals surface area contributed by atoms with Gasteiger partial charge in [0.05, 0.1) is 6.04 Å². The van der Waals surface area contributed by atoms with Crippen molar-refractivity contribution in [2.75, 3.05) is 6.54 Å². The van der Waals surface area contributed by atoms with Crippen LogP contribution in [0.5, 0.6) is 0 Å². The van der Waals surface area contributed by atoms with Gasteiger partial charge in [0.25, 0.3) is 0 Å². The highest BCUT2D eigenvalue weighted by Crippen LogP contribution is 2.39. The third-order valence-electron chi connectivity index (χ3n) is 6.34. The number of hydrogen-bond acceptors (Lipinski definition) is 4. The molecule has 0 spiro atoms. The van der Waals surface area contributed by atoms with E-state index in [9.17, 15) is 4.79 Å². The quantitative estimate of drug-likeness (QED) is 0.616. The van der Waals surface area contributed by atoms with Gasteiger partial charge in [-0.2, -0.15) is 0 Å². The zero-order valence-electron chi connectivity index (χ0n) is 19.5. The fourth-order valence-corrected chi connectivity index (χ4v) is 4.93. The van der Waals surface area contributed by atoms with Gasteiger partial charge in [-0.1, -0.05) is 60.7 Å². The molecular weight excluding hydrogens is 410 g/mol. The van der Waals surface area contributed by atoms with E-state index in [1.165, 1.54) is 5.39 Å². The first-order chi connectivity index (χ1) is 15.9. The third-order valence-corrected chi connectivity index (χ3v) is 6.34. The minimum absolute atomic E-state index is 0.0695. The van der Waals surface area contributed by atoms with Crippen molar-refractivity contribution in [3.05, 3.63) is 83.9 Å². The number of benzene rings is 3. The van der Waals surface area contributed by atoms with E-state index in [0.717, 1.165) is 35.9 Å². The summed E-state index contributed by atoms with van der Waals surface area (Å²) in [5.74, 6) is 0.709. The number of amides is 1. The molecule has 2 aliphatic rings. The lowest BCUT2D eigenvalue weighted by Crippen LogP contribution is -2.52. The summed E-state index contributed by atoms with van der Waals surface area (Å²) >= 11 is 0. The second kappa shape index (κ2) is 8.64. The molecule has 1 saturated heterocycles. The van der Waals surface area contributed by atoms with E-state index in [-0.39, 0.29) is 29.8 Å². The topological polar surface area (TPSA) is 53.9 Å². The van der Waals surface area contributed by atoms with Crippen LogP contribution in [0.3, 0.4) is 0 Å². The molecule has 33 heavy (non-hydrogen) atoms. The molecule has 5 rings (SSSR count). The molecule has 5 heteroatoms. The molecule has 3 aromatic carbocycles. The summed E-state index contributed by atoms with van der Waals surface area (Å²) in [6.07, 6.45) is 1.26. The van der Waals surface area contributed by atoms with E-state index in [1.807, 2.05) is 51.1 Å². The number of aliphatic imine (C=N–C) groups is 1. The van der Waals surface area contributed by atoms with Crippen molar-refractivity contribution in [1.29, 1.82) is 0 Å². The Balaban J connectivity index is 1.55. The van der Waals surface area contributed by atoms with Gasteiger partial charge in [0.1, 0.15) is 6.17 Å². The van der Waals surface area contributed by atoms with Gasteiger partial charge < -0.3 is 10.1 Å². The second-order valence-electron chi connectivity index (χ2n) is 9.96. The number of fused-ring (bicyclic) bond motifs is 1. The van der Waals surface area contributed by atoms with Crippen LogP contribution in [-0.4, -0.2) is 41.0 Å². The average Bonchev–Trinajstić information content (AvgIpc) is 3.45. The van der Waals surface area contributed by atoms with Crippen LogP contribution in [0.1, 0.15) is 50.8 Å². The highest BCUT2D eigenvalue weighted by atomic mass is 16.5. The first-order valence-electron chi connectivity index (χ1n) is 11.8. The first kappa shape index (κ1) is 21.7. The SMILES string of the molecule is CC(C)(C)NC(=O)[C@@H]1CCCN1[C@H]1N=C(c2ccccc2)O[C@H]1c1cccc2ccccc12. The molecule has 3 atom stereocenters. The van der Waals surface area contributed by atoms with Gasteiger partial charge in [-0.05, 0) is 56.5 Å². The van der Waals surface area contributed by atoms with Crippen molar-refractivity contribution < 1.29 is 9.53 Å². The molecule has 0 aromatic heterocycles. The maximum absolute atomic E-state index is 13.2. The summed E-state index contributed by atoms with van der Waals surface area (Å²) in [7, 11) is 0. The molecule has 2 aliphatic heterocycles. The zero-order chi connectivity index (χ0) is 23.0. The molecule has 3 aromatic rings. The zero-order valence-corrected chi connectivity index (χ0v) is 19.5. The minimum atomic E-state index is -0.283. The molecule has 0 saturated carbocycles. The summed E-state index contributed by atoms with van der Waals surface area (Å²) in [4.78, 5) is 20.5. The number of nitrogens with one attached hydrogen (secondary N) is 1. The van der Waals surface area contributed by atoms with Gasteiger partial charge >= 0.3 is 0 Å². The van der Waals surface area contributed by atoms with E-state index in [1.54, 1.807) is 0 Å². The predicted molar refractivity (Wildman–Crippen MR) is 132 cm³/mol. The number of rotatable bonds is 4. The van der Waals surface area contributed by atoms with E-state index in [2.05, 4.69) is 52.7 Å². The largest absolute Gasteiger partial charge is 0.465 e. The van der Waals surface area contributed by atoms with E-state index < -0.39 is 0 Å². The average molecular weight is 442 g/mol. The van der Waals surface area contributed by atoms with Gasteiger partial charge in [-0.3, -0.25) is 9.69 Å². The number of likely N-dealkylation sites (tertiary alicyclic amines) is 1. The summed E-state index contributed by atoms with van der Waals surface area (Å²) in [5, 5.41) is 5.51. The normalized spacial score (nSPS) is 23.4. The lowest BCUT2D eigenvalue weighted by atomic mass is 9.98. The summed E-state index contributed by atoms with van der Waals surface area (Å²) in [5.41, 5.74) is 1.79. The molecule has 0 aliphatic carbocycles. The van der Waals surface area contributed by atoms with Gasteiger partial charge in [0.15, 0.2) is 6.10 Å². The summed E-state index contributed by atoms with van der Waals surface area (Å²) < 4.78 is 6.57. The van der Waals surface area contributed by atoms with Gasteiger partial charge in [-0.15, -0.1) is 0 Å². The van der Waals surface area contributed by atoms with Gasteiger partial charge in [0.2, 0.25) is 11.8 Å². The van der Waals surface area contributed by atoms with Crippen molar-refractivity contribution >= 4 is 22.6 Å². The Labute approximate surface area is 195 Å². The number of hydrogen-bond donors (Lipinski definition) is 1. The van der Waals surface area contributed by atoms with Crippen molar-refractivity contribution in [2.24, 2.45) is 4.99 Å². The Bertz CT molecular complexity index is 1180. The number of ether oxygens (including phenoxy) is 1. The molecule has 1 fully saturated rings. The number of carbonyl (C=O) groups excluding carboxylic acids is 1. The van der Waals surface area contributed by atoms with Crippen molar-refractivity contribution in [3.63, 3.8) is 0 Å². The Morgan fingerprint density at radius 1 is 1.00 bits per heavy atom. The highest BCUT2D eigenvalue weighted by Gasteiger charge is 2.44. The van der Waals surface area contributed by atoms with Crippen LogP contribution in [0, 0.1) is 0 Å². The Morgan fingerprint density at radius 2 is 1.73 bits per heavy atom. The van der Waals surface area contributed by atoms with Crippen LogP contribution >= 0.6 is 0 Å². The van der Waals surface area contributed by atoms with Gasteiger partial charge in [-0.25, -0.2) is 4.99 Å². The van der Waals surface area contributed by atoms with Crippen LogP contribution in [-0.2, 0) is 9.53 Å². The molecule has 0 unspecified atom stereocenters. The van der Waals surface area contributed by atoms with E-state index in [4.69, 9.17) is 9.73 Å². The summed E-state index contributed by atoms with van der Waals surface area (Å²) in [6, 6.07) is 24.5.